The van der Waals surface area contributed by atoms with Crippen molar-refractivity contribution in [3.63, 3.8) is 0 Å². The van der Waals surface area contributed by atoms with Crippen LogP contribution in [0.1, 0.15) is 26.3 Å². The lowest BCUT2D eigenvalue weighted by Crippen LogP contribution is -2.05. The molecule has 0 amide bonds. The van der Waals surface area contributed by atoms with Gasteiger partial charge in [-0.2, -0.15) is 0 Å². The number of amidine groups is 1. The molecule has 7 aromatic rings. The SMILES string of the molecule is C=C\C=C/C(=C\C)C(/C)=N/C(=N\C(=C)/C(C=C)=C/C=C\C)c1ccc(-c2cccc3c(-c4ccc(-c5nc(-c6ccccc6)nc(-c6ccccc6)n5)cc4)cccc23)cc1. The minimum absolute atomic E-state index is 0.557. The van der Waals surface area contributed by atoms with Crippen LogP contribution in [0.25, 0.3) is 67.2 Å². The Balaban J connectivity index is 1.23. The summed E-state index contributed by atoms with van der Waals surface area (Å²) in [5, 5.41) is 2.31. The maximum absolute atomic E-state index is 5.03. The van der Waals surface area contributed by atoms with Gasteiger partial charge in [0.15, 0.2) is 23.3 Å². The summed E-state index contributed by atoms with van der Waals surface area (Å²) < 4.78 is 0. The first-order chi connectivity index (χ1) is 29.9. The van der Waals surface area contributed by atoms with Crippen molar-refractivity contribution in [2.75, 3.05) is 0 Å². The highest BCUT2D eigenvalue weighted by molar-refractivity contribution is 6.13. The maximum Gasteiger partial charge on any atom is 0.164 e. The highest BCUT2D eigenvalue weighted by Gasteiger charge is 2.14. The highest BCUT2D eigenvalue weighted by atomic mass is 15.0. The maximum atomic E-state index is 5.03. The summed E-state index contributed by atoms with van der Waals surface area (Å²) in [7, 11) is 0. The fourth-order valence-corrected chi connectivity index (χ4v) is 7.00. The van der Waals surface area contributed by atoms with Crippen LogP contribution in [0.4, 0.5) is 0 Å². The lowest BCUT2D eigenvalue weighted by molar-refractivity contribution is 1.07. The van der Waals surface area contributed by atoms with Crippen molar-refractivity contribution in [2.24, 2.45) is 9.98 Å². The number of rotatable bonds is 13. The van der Waals surface area contributed by atoms with E-state index in [9.17, 15) is 0 Å². The second-order valence-corrected chi connectivity index (χ2v) is 14.2. The van der Waals surface area contributed by atoms with Crippen molar-refractivity contribution >= 4 is 22.3 Å². The van der Waals surface area contributed by atoms with Crippen LogP contribution in [0.2, 0.25) is 0 Å². The molecule has 5 heteroatoms. The van der Waals surface area contributed by atoms with Crippen molar-refractivity contribution in [1.82, 2.24) is 15.0 Å². The Morgan fingerprint density at radius 2 is 1.02 bits per heavy atom. The molecule has 0 fully saturated rings. The van der Waals surface area contributed by atoms with Gasteiger partial charge in [0, 0.05) is 28.0 Å². The van der Waals surface area contributed by atoms with Crippen molar-refractivity contribution in [1.29, 1.82) is 0 Å². The number of allylic oxidation sites excluding steroid dienone is 9. The number of benzene rings is 6. The minimum Gasteiger partial charge on any atom is -0.233 e. The summed E-state index contributed by atoms with van der Waals surface area (Å²) in [5.74, 6) is 2.46. The molecule has 0 N–H and O–H groups in total. The minimum atomic E-state index is 0.557. The Morgan fingerprint density at radius 3 is 1.49 bits per heavy atom. The van der Waals surface area contributed by atoms with Crippen molar-refractivity contribution in [3.8, 4) is 56.4 Å². The highest BCUT2D eigenvalue weighted by Crippen LogP contribution is 2.36. The first-order valence-electron chi connectivity index (χ1n) is 20.3. The lowest BCUT2D eigenvalue weighted by Gasteiger charge is -2.13. The molecule has 6 aromatic carbocycles. The van der Waals surface area contributed by atoms with Gasteiger partial charge in [-0.3, -0.25) is 0 Å². The molecular formula is C56H47N5. The first kappa shape index (κ1) is 41.3. The van der Waals surface area contributed by atoms with Gasteiger partial charge in [-0.1, -0.05) is 214 Å². The zero-order chi connectivity index (χ0) is 42.6. The van der Waals surface area contributed by atoms with Crippen LogP contribution in [0.15, 0.2) is 241 Å². The molecule has 5 nitrogen and oxygen atoms in total. The smallest absolute Gasteiger partial charge is 0.164 e. The molecule has 0 aliphatic rings. The van der Waals surface area contributed by atoms with Crippen LogP contribution in [0.3, 0.4) is 0 Å². The third-order valence-corrected chi connectivity index (χ3v) is 10.2. The Labute approximate surface area is 359 Å². The van der Waals surface area contributed by atoms with E-state index in [1.165, 1.54) is 0 Å². The summed E-state index contributed by atoms with van der Waals surface area (Å²) in [4.78, 5) is 24.7. The van der Waals surface area contributed by atoms with Crippen molar-refractivity contribution < 1.29 is 0 Å². The number of hydrogen-bond donors (Lipinski definition) is 0. The largest absolute Gasteiger partial charge is 0.233 e. The van der Waals surface area contributed by atoms with Gasteiger partial charge in [0.05, 0.1) is 5.70 Å². The van der Waals surface area contributed by atoms with Gasteiger partial charge in [-0.05, 0) is 64.9 Å². The van der Waals surface area contributed by atoms with Gasteiger partial charge in [-0.15, -0.1) is 0 Å². The third kappa shape index (κ3) is 9.71. The molecule has 61 heavy (non-hydrogen) atoms. The van der Waals surface area contributed by atoms with Gasteiger partial charge in [0.2, 0.25) is 0 Å². The average Bonchev–Trinajstić information content (AvgIpc) is 3.32. The molecule has 0 bridgehead atoms. The predicted octanol–water partition coefficient (Wildman–Crippen LogP) is 14.5. The third-order valence-electron chi connectivity index (χ3n) is 10.2. The molecule has 0 saturated heterocycles. The summed E-state index contributed by atoms with van der Waals surface area (Å²) >= 11 is 0. The van der Waals surface area contributed by atoms with E-state index in [0.29, 0.717) is 29.0 Å². The quantitative estimate of drug-likeness (QED) is 0.0664. The molecule has 0 aliphatic heterocycles. The monoisotopic (exact) mass is 789 g/mol. The van der Waals surface area contributed by atoms with Crippen LogP contribution < -0.4 is 0 Å². The number of aromatic nitrogens is 3. The molecule has 0 aliphatic carbocycles. The van der Waals surface area contributed by atoms with E-state index in [2.05, 4.69) is 105 Å². The number of nitrogens with zero attached hydrogens (tertiary/aromatic N) is 5. The molecule has 0 spiro atoms. The van der Waals surface area contributed by atoms with E-state index in [0.717, 1.165) is 72.1 Å². The van der Waals surface area contributed by atoms with E-state index in [1.807, 2.05) is 118 Å². The first-order valence-corrected chi connectivity index (χ1v) is 20.3. The van der Waals surface area contributed by atoms with Crippen LogP contribution in [0, 0.1) is 0 Å². The topological polar surface area (TPSA) is 63.4 Å². The summed E-state index contributed by atoms with van der Waals surface area (Å²) in [6, 6.07) is 49.9. The Kier molecular flexibility index (Phi) is 13.3. The Hall–Kier alpha value is -7.89. The molecule has 7 rings (SSSR count). The van der Waals surface area contributed by atoms with E-state index in [-0.39, 0.29) is 0 Å². The van der Waals surface area contributed by atoms with E-state index >= 15 is 0 Å². The summed E-state index contributed by atoms with van der Waals surface area (Å²) in [6.45, 7) is 18.0. The number of aliphatic imine (C=N–C) groups is 2. The van der Waals surface area contributed by atoms with Gasteiger partial charge < -0.3 is 0 Å². The van der Waals surface area contributed by atoms with E-state index in [4.69, 9.17) is 24.9 Å². The Morgan fingerprint density at radius 1 is 0.525 bits per heavy atom. The van der Waals surface area contributed by atoms with E-state index < -0.39 is 0 Å². The zero-order valence-corrected chi connectivity index (χ0v) is 34.8. The predicted molar refractivity (Wildman–Crippen MR) is 259 cm³/mol. The average molecular weight is 790 g/mol. The second-order valence-electron chi connectivity index (χ2n) is 14.2. The van der Waals surface area contributed by atoms with Gasteiger partial charge in [0.1, 0.15) is 0 Å². The molecule has 0 atom stereocenters. The molecule has 0 unspecified atom stereocenters. The van der Waals surface area contributed by atoms with E-state index in [1.54, 1.807) is 12.2 Å². The number of hydrogen-bond acceptors (Lipinski definition) is 4. The van der Waals surface area contributed by atoms with Gasteiger partial charge in [-0.25, -0.2) is 24.9 Å². The molecule has 1 aromatic heterocycles. The standard InChI is InChI=1S/C56H47N5/c1-7-11-21-41(9-3)39(5)57-53(58-40(6)42(10-4)22-12-8-2)47-35-31-43(32-36-47)49-27-19-30-52-50(28-20-29-51(49)52)44-33-37-48(38-34-44)56-60-54(45-23-15-13-16-24-45)59-55(61-56)46-25-17-14-18-26-46/h7-38H,1,4,6H2,2-3,5H3/b12-8-,21-11-,41-9+,42-22+,57-39+,58-53-. The number of fused-ring (bicyclic) bond motifs is 1. The normalized spacial score (nSPS) is 12.6. The fraction of sp³-hybridized carbons (Fsp3) is 0.0536. The molecule has 0 saturated carbocycles. The van der Waals surface area contributed by atoms with Crippen molar-refractivity contribution in [2.45, 2.75) is 20.8 Å². The van der Waals surface area contributed by atoms with Crippen LogP contribution in [-0.2, 0) is 0 Å². The molecule has 0 radical (unpaired) electrons. The molecule has 296 valence electrons. The fourth-order valence-electron chi connectivity index (χ4n) is 7.00. The van der Waals surface area contributed by atoms with Crippen LogP contribution >= 0.6 is 0 Å². The summed E-state index contributed by atoms with van der Waals surface area (Å²) in [5.41, 5.74) is 11.3. The molecule has 1 heterocycles. The zero-order valence-electron chi connectivity index (χ0n) is 34.8. The molecular weight excluding hydrogens is 743 g/mol. The lowest BCUT2D eigenvalue weighted by atomic mass is 9.92. The Bertz CT molecular complexity index is 2830. The van der Waals surface area contributed by atoms with Crippen LogP contribution in [-0.4, -0.2) is 26.5 Å². The van der Waals surface area contributed by atoms with Crippen LogP contribution in [0.5, 0.6) is 0 Å². The van der Waals surface area contributed by atoms with Crippen molar-refractivity contribution in [3.05, 3.63) is 236 Å². The second kappa shape index (κ2) is 19.7. The van der Waals surface area contributed by atoms with Gasteiger partial charge in [0.25, 0.3) is 0 Å². The van der Waals surface area contributed by atoms with Gasteiger partial charge >= 0.3 is 0 Å². The summed E-state index contributed by atoms with van der Waals surface area (Å²) in [6.07, 6.45) is 15.3.